The van der Waals surface area contributed by atoms with Crippen molar-refractivity contribution in [2.45, 2.75) is 26.6 Å². The first-order valence-electron chi connectivity index (χ1n) is 8.66. The highest BCUT2D eigenvalue weighted by Gasteiger charge is 2.38. The number of rotatable bonds is 5. The van der Waals surface area contributed by atoms with Crippen molar-refractivity contribution in [3.05, 3.63) is 47.6 Å². The molecule has 2 N–H and O–H groups in total. The fraction of sp³-hybridized carbons (Fsp3) is 0.222. The van der Waals surface area contributed by atoms with Crippen LogP contribution in [0.25, 0.3) is 11.5 Å². The molecule has 31 heavy (non-hydrogen) atoms. The van der Waals surface area contributed by atoms with Crippen LogP contribution < -0.4 is 10.6 Å². The van der Waals surface area contributed by atoms with Gasteiger partial charge in [0.2, 0.25) is 11.7 Å². The van der Waals surface area contributed by atoms with Crippen molar-refractivity contribution in [2.24, 2.45) is 0 Å². The Labute approximate surface area is 172 Å². The van der Waals surface area contributed by atoms with Gasteiger partial charge in [-0.05, 0) is 24.6 Å². The van der Waals surface area contributed by atoms with Gasteiger partial charge in [-0.1, -0.05) is 11.2 Å². The van der Waals surface area contributed by atoms with Crippen LogP contribution in [0.4, 0.5) is 29.5 Å². The molecule has 3 heterocycles. The number of anilines is 2. The number of nitrogens with one attached hydrogen (secondary N) is 2. The van der Waals surface area contributed by atoms with E-state index in [1.807, 2.05) is 0 Å². The lowest BCUT2D eigenvalue weighted by Crippen LogP contribution is -2.15. The van der Waals surface area contributed by atoms with Crippen LogP contribution in [0.15, 0.2) is 35.1 Å². The minimum atomic E-state index is -4.76. The molecule has 0 aliphatic carbocycles. The summed E-state index contributed by atoms with van der Waals surface area (Å²) in [4.78, 5) is 34.2. The molecule has 0 bridgehead atoms. The molecule has 2 amide bonds. The lowest BCUT2D eigenvalue weighted by molar-refractivity contribution is -0.159. The van der Waals surface area contributed by atoms with Crippen molar-refractivity contribution in [1.29, 1.82) is 0 Å². The van der Waals surface area contributed by atoms with Crippen molar-refractivity contribution < 1.29 is 32.0 Å². The molecule has 0 atom stereocenters. The molecule has 0 fully saturated rings. The SMILES string of the molecule is CC(=O)Nc1ccc(COC(=O)Nc2cnc(-c3noc(C(F)(F)F)n3)cc2C)cn1. The number of aromatic nitrogens is 4. The maximum Gasteiger partial charge on any atom is 0.471 e. The zero-order valence-corrected chi connectivity index (χ0v) is 16.1. The third-order valence-corrected chi connectivity index (χ3v) is 3.74. The number of halogens is 3. The van der Waals surface area contributed by atoms with Gasteiger partial charge in [0.1, 0.15) is 18.1 Å². The van der Waals surface area contributed by atoms with Crippen molar-refractivity contribution in [3.63, 3.8) is 0 Å². The van der Waals surface area contributed by atoms with E-state index in [9.17, 15) is 22.8 Å². The van der Waals surface area contributed by atoms with Crippen molar-refractivity contribution in [1.82, 2.24) is 20.1 Å². The normalized spacial score (nSPS) is 11.1. The number of hydrogen-bond donors (Lipinski definition) is 2. The summed E-state index contributed by atoms with van der Waals surface area (Å²) < 4.78 is 47.0. The fourth-order valence-electron chi connectivity index (χ4n) is 2.31. The Kier molecular flexibility index (Phi) is 6.13. The summed E-state index contributed by atoms with van der Waals surface area (Å²) in [6.07, 6.45) is -2.85. The molecule has 10 nitrogen and oxygen atoms in total. The molecule has 13 heteroatoms. The standard InChI is InChI=1S/C18H15F3N6O4/c1-9-5-12(15-26-16(31-27-15)18(19,20)21)22-7-13(9)25-17(29)30-8-11-3-4-14(23-6-11)24-10(2)28/h3-7H,8H2,1-2H3,(H,25,29)(H,23,24,28). The lowest BCUT2D eigenvalue weighted by atomic mass is 10.2. The molecule has 0 saturated carbocycles. The maximum atomic E-state index is 12.6. The first-order chi connectivity index (χ1) is 14.6. The summed E-state index contributed by atoms with van der Waals surface area (Å²) in [5.41, 5.74) is 1.40. The largest absolute Gasteiger partial charge is 0.471 e. The molecule has 3 aromatic heterocycles. The van der Waals surface area contributed by atoms with Crippen LogP contribution in [-0.2, 0) is 22.3 Å². The van der Waals surface area contributed by atoms with E-state index < -0.39 is 18.2 Å². The Bertz CT molecular complexity index is 1100. The van der Waals surface area contributed by atoms with E-state index >= 15 is 0 Å². The summed E-state index contributed by atoms with van der Waals surface area (Å²) in [5, 5.41) is 8.25. The van der Waals surface area contributed by atoms with Crippen molar-refractivity contribution in [3.8, 4) is 11.5 Å². The van der Waals surface area contributed by atoms with Crippen LogP contribution in [-0.4, -0.2) is 32.1 Å². The van der Waals surface area contributed by atoms with E-state index in [1.165, 1.54) is 25.4 Å². The van der Waals surface area contributed by atoms with E-state index in [2.05, 4.69) is 35.3 Å². The Balaban J connectivity index is 1.59. The lowest BCUT2D eigenvalue weighted by Gasteiger charge is -2.10. The van der Waals surface area contributed by atoms with Gasteiger partial charge < -0.3 is 14.6 Å². The topological polar surface area (TPSA) is 132 Å². The fourth-order valence-corrected chi connectivity index (χ4v) is 2.31. The number of aryl methyl sites for hydroxylation is 1. The third kappa shape index (κ3) is 5.74. The molecule has 0 aliphatic rings. The van der Waals surface area contributed by atoms with Gasteiger partial charge in [-0.3, -0.25) is 15.1 Å². The first kappa shape index (κ1) is 21.7. The van der Waals surface area contributed by atoms with Crippen molar-refractivity contribution in [2.75, 3.05) is 10.6 Å². The van der Waals surface area contributed by atoms with Gasteiger partial charge in [0.15, 0.2) is 0 Å². The minimum absolute atomic E-state index is 0.0426. The average Bonchev–Trinajstić information content (AvgIpc) is 3.19. The molecular weight excluding hydrogens is 421 g/mol. The molecular formula is C18H15F3N6O4. The summed E-state index contributed by atoms with van der Waals surface area (Å²) in [7, 11) is 0. The molecule has 162 valence electrons. The third-order valence-electron chi connectivity index (χ3n) is 3.74. The highest BCUT2D eigenvalue weighted by molar-refractivity contribution is 5.87. The Morgan fingerprint density at radius 3 is 2.52 bits per heavy atom. The Hall–Kier alpha value is -4.03. The van der Waals surface area contributed by atoms with Gasteiger partial charge in [-0.25, -0.2) is 9.78 Å². The molecule has 0 aromatic carbocycles. The Morgan fingerprint density at radius 1 is 1.16 bits per heavy atom. The van der Waals surface area contributed by atoms with Gasteiger partial charge >= 0.3 is 18.2 Å². The molecule has 3 rings (SSSR count). The van der Waals surface area contributed by atoms with Crippen LogP contribution in [0.5, 0.6) is 0 Å². The van der Waals surface area contributed by atoms with E-state index in [-0.39, 0.29) is 29.7 Å². The number of carbonyl (C=O) groups is 2. The molecule has 0 aliphatic heterocycles. The van der Waals surface area contributed by atoms with Crippen molar-refractivity contribution >= 4 is 23.5 Å². The first-order valence-corrected chi connectivity index (χ1v) is 8.66. The number of alkyl halides is 3. The van der Waals surface area contributed by atoms with Gasteiger partial charge in [0.05, 0.1) is 11.9 Å². The van der Waals surface area contributed by atoms with E-state index in [4.69, 9.17) is 4.74 Å². The maximum absolute atomic E-state index is 12.6. The van der Waals surface area contributed by atoms with Crippen LogP contribution in [0.2, 0.25) is 0 Å². The predicted molar refractivity (Wildman–Crippen MR) is 99.6 cm³/mol. The number of ether oxygens (including phenoxy) is 1. The second-order valence-electron chi connectivity index (χ2n) is 6.24. The highest BCUT2D eigenvalue weighted by atomic mass is 19.4. The Morgan fingerprint density at radius 2 is 1.94 bits per heavy atom. The summed E-state index contributed by atoms with van der Waals surface area (Å²) in [5.74, 6) is -1.70. The molecule has 0 radical (unpaired) electrons. The number of nitrogens with zero attached hydrogens (tertiary/aromatic N) is 4. The second kappa shape index (κ2) is 8.77. The van der Waals surface area contributed by atoms with Gasteiger partial charge in [0, 0.05) is 18.7 Å². The minimum Gasteiger partial charge on any atom is -0.444 e. The van der Waals surface area contributed by atoms with Gasteiger partial charge in [-0.2, -0.15) is 18.2 Å². The smallest absolute Gasteiger partial charge is 0.444 e. The second-order valence-corrected chi connectivity index (χ2v) is 6.24. The molecule has 0 spiro atoms. The van der Waals surface area contributed by atoms with Gasteiger partial charge in [-0.15, -0.1) is 0 Å². The number of pyridine rings is 2. The number of amides is 2. The van der Waals surface area contributed by atoms with Crippen LogP contribution in [0.3, 0.4) is 0 Å². The molecule has 0 saturated heterocycles. The molecule has 0 unspecified atom stereocenters. The summed E-state index contributed by atoms with van der Waals surface area (Å²) in [6.45, 7) is 2.89. The van der Waals surface area contributed by atoms with E-state index in [0.29, 0.717) is 16.9 Å². The number of carbonyl (C=O) groups excluding carboxylic acids is 2. The van der Waals surface area contributed by atoms with Gasteiger partial charge in [0.25, 0.3) is 0 Å². The highest BCUT2D eigenvalue weighted by Crippen LogP contribution is 2.29. The van der Waals surface area contributed by atoms with Crippen LogP contribution in [0.1, 0.15) is 23.9 Å². The zero-order chi connectivity index (χ0) is 22.6. The van der Waals surface area contributed by atoms with Crippen LogP contribution >= 0.6 is 0 Å². The van der Waals surface area contributed by atoms with E-state index in [1.54, 1.807) is 19.1 Å². The summed E-state index contributed by atoms with van der Waals surface area (Å²) >= 11 is 0. The summed E-state index contributed by atoms with van der Waals surface area (Å²) in [6, 6.07) is 4.59. The monoisotopic (exact) mass is 436 g/mol. The zero-order valence-electron chi connectivity index (χ0n) is 16.1. The quantitative estimate of drug-likeness (QED) is 0.621. The molecule has 3 aromatic rings. The average molecular weight is 436 g/mol. The van der Waals surface area contributed by atoms with E-state index in [0.717, 1.165) is 0 Å². The van der Waals surface area contributed by atoms with Crippen LogP contribution in [0, 0.1) is 6.92 Å². The number of hydrogen-bond acceptors (Lipinski definition) is 8. The predicted octanol–water partition coefficient (Wildman–Crippen LogP) is 3.56.